The number of carboxylic acid groups (broad SMARTS) is 1. The van der Waals surface area contributed by atoms with Crippen LogP contribution >= 0.6 is 0 Å². The van der Waals surface area contributed by atoms with Gasteiger partial charge in [0, 0.05) is 38.1 Å². The van der Waals surface area contributed by atoms with Crippen LogP contribution in [0.1, 0.15) is 58.4 Å². The fourth-order valence-corrected chi connectivity index (χ4v) is 3.93. The Hall–Kier alpha value is -3.48. The van der Waals surface area contributed by atoms with Crippen molar-refractivity contribution in [1.82, 2.24) is 15.2 Å². The molecule has 7 heteroatoms. The minimum absolute atomic E-state index is 0.0527. The number of aromatic nitrogens is 1. The van der Waals surface area contributed by atoms with Crippen LogP contribution in [-0.4, -0.2) is 52.4 Å². The number of nitrogens with one attached hydrogen (secondary N) is 1. The van der Waals surface area contributed by atoms with Crippen LogP contribution in [0.2, 0.25) is 0 Å². The van der Waals surface area contributed by atoms with E-state index >= 15 is 0 Å². The first-order chi connectivity index (χ1) is 15.5. The van der Waals surface area contributed by atoms with Crippen molar-refractivity contribution in [3.05, 3.63) is 71.6 Å². The van der Waals surface area contributed by atoms with Crippen LogP contribution < -0.4 is 5.32 Å². The normalized spacial score (nSPS) is 14.4. The molecule has 0 saturated carbocycles. The van der Waals surface area contributed by atoms with Gasteiger partial charge >= 0.3 is 5.97 Å². The Bertz CT molecular complexity index is 951. The van der Waals surface area contributed by atoms with E-state index in [4.69, 9.17) is 0 Å². The van der Waals surface area contributed by atoms with Crippen molar-refractivity contribution in [3.8, 4) is 0 Å². The maximum Gasteiger partial charge on any atom is 0.336 e. The SMILES string of the molecule is O=C(C=Cc1cccnc1)NCCCCC1CCN(C(=O)c2ccccc2C(=O)O)CC1. The number of carboxylic acids is 1. The van der Waals surface area contributed by atoms with Crippen LogP contribution in [0.15, 0.2) is 54.9 Å². The second-order valence-electron chi connectivity index (χ2n) is 7.99. The van der Waals surface area contributed by atoms with Crippen LogP contribution in [0.4, 0.5) is 0 Å². The number of unbranched alkanes of at least 4 members (excludes halogenated alkanes) is 1. The van der Waals surface area contributed by atoms with Gasteiger partial charge in [-0.05, 0) is 55.0 Å². The predicted octanol–water partition coefficient (Wildman–Crippen LogP) is 3.63. The zero-order chi connectivity index (χ0) is 22.8. The molecule has 0 spiro atoms. The molecule has 0 bridgehead atoms. The molecule has 1 aromatic carbocycles. The molecule has 3 rings (SSSR count). The summed E-state index contributed by atoms with van der Waals surface area (Å²) < 4.78 is 0. The Balaban J connectivity index is 1.33. The van der Waals surface area contributed by atoms with Gasteiger partial charge in [0.2, 0.25) is 5.91 Å². The van der Waals surface area contributed by atoms with Crippen LogP contribution in [0.5, 0.6) is 0 Å². The van der Waals surface area contributed by atoms with E-state index in [2.05, 4.69) is 10.3 Å². The number of pyridine rings is 1. The minimum atomic E-state index is -1.08. The summed E-state index contributed by atoms with van der Waals surface area (Å²) in [5.74, 6) is -0.843. The Morgan fingerprint density at radius 1 is 1.06 bits per heavy atom. The van der Waals surface area contributed by atoms with Gasteiger partial charge in [-0.25, -0.2) is 4.79 Å². The Morgan fingerprint density at radius 3 is 2.50 bits per heavy atom. The zero-order valence-electron chi connectivity index (χ0n) is 18.1. The summed E-state index contributed by atoms with van der Waals surface area (Å²) in [6.45, 7) is 1.93. The predicted molar refractivity (Wildman–Crippen MR) is 122 cm³/mol. The standard InChI is InChI=1S/C25H29N3O4/c29-23(11-10-20-7-5-14-26-18-20)27-15-4-3-6-19-12-16-28(17-13-19)24(30)21-8-1-2-9-22(21)25(31)32/h1-2,5,7-11,14,18-19H,3-4,6,12-13,15-17H2,(H,27,29)(H,31,32). The van der Waals surface area contributed by atoms with Crippen LogP contribution in [-0.2, 0) is 4.79 Å². The topological polar surface area (TPSA) is 99.6 Å². The van der Waals surface area contributed by atoms with Crippen molar-refractivity contribution in [2.45, 2.75) is 32.1 Å². The minimum Gasteiger partial charge on any atom is -0.478 e. The molecule has 1 aromatic heterocycles. The van der Waals surface area contributed by atoms with Crippen molar-refractivity contribution >= 4 is 23.9 Å². The summed E-state index contributed by atoms with van der Waals surface area (Å²) in [4.78, 5) is 41.8. The molecule has 0 atom stereocenters. The number of carbonyl (C=O) groups excluding carboxylic acids is 2. The molecule has 1 fully saturated rings. The van der Waals surface area contributed by atoms with Crippen molar-refractivity contribution in [3.63, 3.8) is 0 Å². The number of carbonyl (C=O) groups is 3. The van der Waals surface area contributed by atoms with Gasteiger partial charge in [-0.1, -0.05) is 31.0 Å². The van der Waals surface area contributed by atoms with Crippen molar-refractivity contribution in [1.29, 1.82) is 0 Å². The molecular weight excluding hydrogens is 406 g/mol. The summed E-state index contributed by atoms with van der Waals surface area (Å²) >= 11 is 0. The maximum absolute atomic E-state index is 12.8. The molecule has 7 nitrogen and oxygen atoms in total. The monoisotopic (exact) mass is 435 g/mol. The van der Waals surface area contributed by atoms with Gasteiger partial charge < -0.3 is 15.3 Å². The lowest BCUT2D eigenvalue weighted by Crippen LogP contribution is -2.39. The molecule has 2 heterocycles. The molecule has 0 unspecified atom stereocenters. The number of hydrogen-bond acceptors (Lipinski definition) is 4. The average Bonchev–Trinajstić information content (AvgIpc) is 2.83. The maximum atomic E-state index is 12.8. The molecule has 1 aliphatic heterocycles. The summed E-state index contributed by atoms with van der Waals surface area (Å²) in [7, 11) is 0. The van der Waals surface area contributed by atoms with E-state index in [1.54, 1.807) is 41.6 Å². The third-order valence-electron chi connectivity index (χ3n) is 5.74. The Morgan fingerprint density at radius 2 is 1.81 bits per heavy atom. The fourth-order valence-electron chi connectivity index (χ4n) is 3.93. The number of nitrogens with zero attached hydrogens (tertiary/aromatic N) is 2. The third kappa shape index (κ3) is 6.77. The quantitative estimate of drug-likeness (QED) is 0.463. The number of rotatable bonds is 9. The number of piperidine rings is 1. The van der Waals surface area contributed by atoms with Crippen LogP contribution in [0.25, 0.3) is 6.08 Å². The molecule has 0 radical (unpaired) electrons. The molecule has 2 amide bonds. The highest BCUT2D eigenvalue weighted by Gasteiger charge is 2.26. The summed E-state index contributed by atoms with van der Waals surface area (Å²) in [5, 5.41) is 12.2. The lowest BCUT2D eigenvalue weighted by molar-refractivity contribution is -0.116. The van der Waals surface area contributed by atoms with Gasteiger partial charge in [0.15, 0.2) is 0 Å². The van der Waals surface area contributed by atoms with Gasteiger partial charge in [0.1, 0.15) is 0 Å². The van der Waals surface area contributed by atoms with Gasteiger partial charge in [0.25, 0.3) is 5.91 Å². The van der Waals surface area contributed by atoms with E-state index in [1.807, 2.05) is 12.1 Å². The number of aromatic carboxylic acids is 1. The van der Waals surface area contributed by atoms with Gasteiger partial charge in [0.05, 0.1) is 11.1 Å². The molecule has 0 aliphatic carbocycles. The van der Waals surface area contributed by atoms with E-state index in [1.165, 1.54) is 12.1 Å². The summed E-state index contributed by atoms with van der Waals surface area (Å²) in [6, 6.07) is 10.1. The third-order valence-corrected chi connectivity index (χ3v) is 5.74. The lowest BCUT2D eigenvalue weighted by atomic mass is 9.91. The highest BCUT2D eigenvalue weighted by atomic mass is 16.4. The molecule has 2 N–H and O–H groups in total. The van der Waals surface area contributed by atoms with Crippen molar-refractivity contribution < 1.29 is 19.5 Å². The van der Waals surface area contributed by atoms with E-state index in [9.17, 15) is 19.5 Å². The molecule has 168 valence electrons. The van der Waals surface area contributed by atoms with Crippen molar-refractivity contribution in [2.24, 2.45) is 5.92 Å². The first-order valence-corrected chi connectivity index (χ1v) is 11.0. The smallest absolute Gasteiger partial charge is 0.336 e. The fraction of sp³-hybridized carbons (Fsp3) is 0.360. The number of likely N-dealkylation sites (tertiary alicyclic amines) is 1. The summed E-state index contributed by atoms with van der Waals surface area (Å²) in [6.07, 6.45) is 11.5. The highest BCUT2D eigenvalue weighted by Crippen LogP contribution is 2.24. The van der Waals surface area contributed by atoms with Crippen LogP contribution in [0, 0.1) is 5.92 Å². The highest BCUT2D eigenvalue weighted by molar-refractivity contribution is 6.04. The second kappa shape index (κ2) is 11.8. The Labute approximate surface area is 188 Å². The van der Waals surface area contributed by atoms with Gasteiger partial charge in [-0.15, -0.1) is 0 Å². The van der Waals surface area contributed by atoms with E-state index in [0.29, 0.717) is 25.6 Å². The van der Waals surface area contributed by atoms with Crippen molar-refractivity contribution in [2.75, 3.05) is 19.6 Å². The molecule has 1 aliphatic rings. The molecule has 32 heavy (non-hydrogen) atoms. The summed E-state index contributed by atoms with van der Waals surface area (Å²) in [5.41, 5.74) is 1.20. The largest absolute Gasteiger partial charge is 0.478 e. The average molecular weight is 436 g/mol. The first kappa shape index (κ1) is 23.2. The number of amides is 2. The zero-order valence-corrected chi connectivity index (χ0v) is 18.1. The second-order valence-corrected chi connectivity index (χ2v) is 7.99. The number of hydrogen-bond donors (Lipinski definition) is 2. The van der Waals surface area contributed by atoms with Crippen LogP contribution in [0.3, 0.4) is 0 Å². The lowest BCUT2D eigenvalue weighted by Gasteiger charge is -2.32. The molecule has 2 aromatic rings. The Kier molecular flexibility index (Phi) is 8.54. The van der Waals surface area contributed by atoms with Gasteiger partial charge in [-0.2, -0.15) is 0 Å². The van der Waals surface area contributed by atoms with Gasteiger partial charge in [-0.3, -0.25) is 14.6 Å². The van der Waals surface area contributed by atoms with E-state index < -0.39 is 5.97 Å². The number of benzene rings is 1. The van der Waals surface area contributed by atoms with E-state index in [-0.39, 0.29) is 22.9 Å². The first-order valence-electron chi connectivity index (χ1n) is 11.0. The molecule has 1 saturated heterocycles. The molecular formula is C25H29N3O4. The van der Waals surface area contributed by atoms with E-state index in [0.717, 1.165) is 37.7 Å².